The van der Waals surface area contributed by atoms with E-state index in [0.29, 0.717) is 0 Å². The summed E-state index contributed by atoms with van der Waals surface area (Å²) in [6.45, 7) is -1.52. The minimum Gasteiger partial charge on any atom is -0.481 e. The lowest BCUT2D eigenvalue weighted by molar-refractivity contribution is -0.138. The first-order valence-corrected chi connectivity index (χ1v) is 5.03. The molecule has 0 bridgehead atoms. The van der Waals surface area contributed by atoms with E-state index in [0.717, 1.165) is 4.90 Å². The molecule has 8 heteroatoms. The fourth-order valence-electron chi connectivity index (χ4n) is 1.22. The minimum atomic E-state index is -2.72. The van der Waals surface area contributed by atoms with Crippen molar-refractivity contribution in [3.05, 3.63) is 0 Å². The van der Waals surface area contributed by atoms with E-state index in [1.807, 2.05) is 0 Å². The van der Waals surface area contributed by atoms with Gasteiger partial charge in [0.15, 0.2) is 0 Å². The van der Waals surface area contributed by atoms with Gasteiger partial charge in [0.25, 0.3) is 6.43 Å². The van der Waals surface area contributed by atoms with E-state index in [2.05, 4.69) is 0 Å². The number of carboxylic acids is 1. The van der Waals surface area contributed by atoms with Crippen molar-refractivity contribution in [2.24, 2.45) is 5.73 Å². The summed E-state index contributed by atoms with van der Waals surface area (Å²) in [6, 6.07) is -1.14. The van der Waals surface area contributed by atoms with Gasteiger partial charge in [-0.25, -0.2) is 8.78 Å². The minimum absolute atomic E-state index is 0.126. The van der Waals surface area contributed by atoms with Gasteiger partial charge in [-0.3, -0.25) is 9.59 Å². The summed E-state index contributed by atoms with van der Waals surface area (Å²) in [7, 11) is 0. The lowest BCUT2D eigenvalue weighted by Gasteiger charge is -2.24. The molecule has 0 rings (SSSR count). The van der Waals surface area contributed by atoms with Crippen LogP contribution < -0.4 is 5.73 Å². The van der Waals surface area contributed by atoms with Gasteiger partial charge in [-0.15, -0.1) is 0 Å². The van der Waals surface area contributed by atoms with E-state index in [9.17, 15) is 18.4 Å². The van der Waals surface area contributed by atoms with Crippen LogP contribution in [-0.4, -0.2) is 59.2 Å². The molecular weight excluding hydrogens is 238 g/mol. The second-order valence-corrected chi connectivity index (χ2v) is 3.44. The molecule has 1 amide bonds. The van der Waals surface area contributed by atoms with E-state index in [1.54, 1.807) is 0 Å². The lowest BCUT2D eigenvalue weighted by atomic mass is 10.1. The van der Waals surface area contributed by atoms with Crippen molar-refractivity contribution in [3.8, 4) is 0 Å². The second-order valence-electron chi connectivity index (χ2n) is 3.44. The van der Waals surface area contributed by atoms with E-state index < -0.39 is 37.5 Å². The average molecular weight is 254 g/mol. The van der Waals surface area contributed by atoms with Crippen molar-refractivity contribution in [2.75, 3.05) is 19.7 Å². The number of hydrogen-bond acceptors (Lipinski definition) is 4. The van der Waals surface area contributed by atoms with Gasteiger partial charge in [0.1, 0.15) is 0 Å². The Kier molecular flexibility index (Phi) is 7.31. The van der Waals surface area contributed by atoms with Gasteiger partial charge in [0, 0.05) is 13.0 Å². The number of rotatable bonds is 8. The molecule has 17 heavy (non-hydrogen) atoms. The van der Waals surface area contributed by atoms with Crippen LogP contribution in [0.1, 0.15) is 12.8 Å². The number of halogens is 2. The Morgan fingerprint density at radius 3 is 2.35 bits per heavy atom. The van der Waals surface area contributed by atoms with Gasteiger partial charge in [-0.1, -0.05) is 0 Å². The van der Waals surface area contributed by atoms with E-state index in [4.69, 9.17) is 15.9 Å². The summed E-state index contributed by atoms with van der Waals surface area (Å²) in [4.78, 5) is 22.5. The molecule has 100 valence electrons. The van der Waals surface area contributed by atoms with Crippen LogP contribution >= 0.6 is 0 Å². The molecule has 6 nitrogen and oxygen atoms in total. The summed E-state index contributed by atoms with van der Waals surface area (Å²) in [5.74, 6) is -1.89. The smallest absolute Gasteiger partial charge is 0.303 e. The van der Waals surface area contributed by atoms with Crippen LogP contribution in [0.25, 0.3) is 0 Å². The molecule has 0 saturated heterocycles. The van der Waals surface area contributed by atoms with Crippen LogP contribution in [0.2, 0.25) is 0 Å². The van der Waals surface area contributed by atoms with Crippen molar-refractivity contribution in [2.45, 2.75) is 25.3 Å². The topological polar surface area (TPSA) is 104 Å². The molecule has 1 unspecified atom stereocenters. The monoisotopic (exact) mass is 254 g/mol. The normalized spacial score (nSPS) is 12.5. The Morgan fingerprint density at radius 2 is 1.94 bits per heavy atom. The highest BCUT2D eigenvalue weighted by atomic mass is 19.3. The third-order valence-corrected chi connectivity index (χ3v) is 2.03. The fraction of sp³-hybridized carbons (Fsp3) is 0.778. The fourth-order valence-corrected chi connectivity index (χ4v) is 1.22. The van der Waals surface area contributed by atoms with Crippen molar-refractivity contribution < 1.29 is 28.6 Å². The Balaban J connectivity index is 4.32. The van der Waals surface area contributed by atoms with E-state index in [-0.39, 0.29) is 19.4 Å². The number of aliphatic carboxylic acids is 1. The number of alkyl halides is 2. The Bertz CT molecular complexity index is 263. The van der Waals surface area contributed by atoms with Gasteiger partial charge in [0.2, 0.25) is 5.91 Å². The number of nitrogens with two attached hydrogens (primary N) is 1. The molecule has 0 heterocycles. The maximum Gasteiger partial charge on any atom is 0.303 e. The van der Waals surface area contributed by atoms with Crippen LogP contribution in [0, 0.1) is 0 Å². The number of amides is 1. The molecule has 0 fully saturated rings. The maximum atomic E-state index is 12.1. The zero-order valence-electron chi connectivity index (χ0n) is 9.18. The molecule has 0 aromatic heterocycles. The number of carboxylic acid groups (broad SMARTS) is 1. The van der Waals surface area contributed by atoms with Gasteiger partial charge in [0.05, 0.1) is 19.2 Å². The average Bonchev–Trinajstić information content (AvgIpc) is 2.23. The highest BCUT2D eigenvalue weighted by Gasteiger charge is 2.23. The van der Waals surface area contributed by atoms with Crippen molar-refractivity contribution in [3.63, 3.8) is 0 Å². The third-order valence-electron chi connectivity index (χ3n) is 2.03. The molecule has 0 aromatic rings. The van der Waals surface area contributed by atoms with Crippen molar-refractivity contribution >= 4 is 11.9 Å². The highest BCUT2D eigenvalue weighted by molar-refractivity contribution is 5.82. The molecule has 1 atom stereocenters. The quantitative estimate of drug-likeness (QED) is 0.529. The number of carbonyl (C=O) groups is 2. The lowest BCUT2D eigenvalue weighted by Crippen LogP contribution is -2.46. The zero-order chi connectivity index (χ0) is 13.4. The van der Waals surface area contributed by atoms with Crippen LogP contribution in [-0.2, 0) is 9.59 Å². The molecule has 0 radical (unpaired) electrons. The standard InChI is InChI=1S/C9H16F2N2O4/c10-7(11)5-13(3-4-14)9(17)6(12)1-2-8(15)16/h6-7,14H,1-5,12H2,(H,15,16). The SMILES string of the molecule is NC(CCC(=O)O)C(=O)N(CCO)CC(F)F. The van der Waals surface area contributed by atoms with Gasteiger partial charge < -0.3 is 20.8 Å². The second kappa shape index (κ2) is 7.91. The molecular formula is C9H16F2N2O4. The number of nitrogens with zero attached hydrogens (tertiary/aromatic N) is 1. The van der Waals surface area contributed by atoms with Crippen LogP contribution in [0.15, 0.2) is 0 Å². The predicted molar refractivity (Wildman–Crippen MR) is 54.5 cm³/mol. The molecule has 4 N–H and O–H groups in total. The summed E-state index contributed by atoms with van der Waals surface area (Å²) in [5, 5.41) is 17.0. The molecule has 0 saturated carbocycles. The summed E-state index contributed by atoms with van der Waals surface area (Å²) < 4.78 is 24.3. The van der Waals surface area contributed by atoms with Crippen molar-refractivity contribution in [1.29, 1.82) is 0 Å². The molecule has 0 aliphatic heterocycles. The maximum absolute atomic E-state index is 12.1. The van der Waals surface area contributed by atoms with Crippen molar-refractivity contribution in [1.82, 2.24) is 4.90 Å². The first-order valence-electron chi connectivity index (χ1n) is 5.03. The molecule has 0 aliphatic rings. The Hall–Kier alpha value is -1.28. The van der Waals surface area contributed by atoms with Gasteiger partial charge in [-0.2, -0.15) is 0 Å². The summed E-state index contributed by atoms with van der Waals surface area (Å²) in [5.41, 5.74) is 5.39. The largest absolute Gasteiger partial charge is 0.481 e. The summed E-state index contributed by atoms with van der Waals surface area (Å²) >= 11 is 0. The summed E-state index contributed by atoms with van der Waals surface area (Å²) in [6.07, 6.45) is -3.16. The molecule has 0 aromatic carbocycles. The molecule has 0 aliphatic carbocycles. The highest BCUT2D eigenvalue weighted by Crippen LogP contribution is 2.04. The zero-order valence-corrected chi connectivity index (χ0v) is 9.18. The number of aliphatic hydroxyl groups excluding tert-OH is 1. The third kappa shape index (κ3) is 6.80. The van der Waals surface area contributed by atoms with Crippen LogP contribution in [0.5, 0.6) is 0 Å². The van der Waals surface area contributed by atoms with E-state index in [1.165, 1.54) is 0 Å². The van der Waals surface area contributed by atoms with Gasteiger partial charge in [-0.05, 0) is 6.42 Å². The van der Waals surface area contributed by atoms with Crippen LogP contribution in [0.4, 0.5) is 8.78 Å². The first kappa shape index (κ1) is 15.7. The number of hydrogen-bond donors (Lipinski definition) is 3. The van der Waals surface area contributed by atoms with E-state index >= 15 is 0 Å². The molecule has 0 spiro atoms. The number of aliphatic hydroxyl groups is 1. The first-order chi connectivity index (χ1) is 7.88. The van der Waals surface area contributed by atoms with Gasteiger partial charge >= 0.3 is 5.97 Å². The number of carbonyl (C=O) groups excluding carboxylic acids is 1. The Morgan fingerprint density at radius 1 is 1.35 bits per heavy atom. The predicted octanol–water partition coefficient (Wildman–Crippen LogP) is -0.735. The Labute approximate surface area is 97.0 Å². The van der Waals surface area contributed by atoms with Crippen LogP contribution in [0.3, 0.4) is 0 Å².